The van der Waals surface area contributed by atoms with E-state index in [1.54, 1.807) is 25.1 Å². The van der Waals surface area contributed by atoms with E-state index in [0.717, 1.165) is 0 Å². The maximum Gasteiger partial charge on any atom is 0.135 e. The van der Waals surface area contributed by atoms with Gasteiger partial charge in [-0.1, -0.05) is 31.5 Å². The van der Waals surface area contributed by atoms with E-state index in [1.165, 1.54) is 6.07 Å². The average molecular weight is 280 g/mol. The van der Waals surface area contributed by atoms with E-state index >= 15 is 0 Å². The van der Waals surface area contributed by atoms with Crippen LogP contribution in [0.4, 0.5) is 15.9 Å². The minimum Gasteiger partial charge on any atom is -0.340 e. The van der Waals surface area contributed by atoms with Gasteiger partial charge in [0.15, 0.2) is 0 Å². The smallest absolute Gasteiger partial charge is 0.135 e. The van der Waals surface area contributed by atoms with Gasteiger partial charge in [-0.2, -0.15) is 0 Å². The van der Waals surface area contributed by atoms with Crippen molar-refractivity contribution in [1.29, 1.82) is 0 Å². The summed E-state index contributed by atoms with van der Waals surface area (Å²) >= 11 is 5.95. The van der Waals surface area contributed by atoms with E-state index < -0.39 is 0 Å². The topological polar surface area (TPSA) is 37.8 Å². The Balaban J connectivity index is 2.29. The summed E-state index contributed by atoms with van der Waals surface area (Å²) in [5.74, 6) is 1.14. The third kappa shape index (κ3) is 3.41. The fourth-order valence-electron chi connectivity index (χ4n) is 1.58. The van der Waals surface area contributed by atoms with Gasteiger partial charge in [-0.3, -0.25) is 0 Å². The van der Waals surface area contributed by atoms with Crippen LogP contribution in [0.25, 0.3) is 0 Å². The number of anilines is 2. The van der Waals surface area contributed by atoms with Crippen molar-refractivity contribution in [3.05, 3.63) is 46.6 Å². The van der Waals surface area contributed by atoms with Gasteiger partial charge in [0.05, 0.1) is 0 Å². The molecule has 0 aliphatic rings. The zero-order valence-electron chi connectivity index (χ0n) is 11.0. The van der Waals surface area contributed by atoms with Crippen LogP contribution in [0.5, 0.6) is 0 Å². The summed E-state index contributed by atoms with van der Waals surface area (Å²) in [5, 5.41) is 3.40. The number of halogens is 2. The maximum absolute atomic E-state index is 13.5. The van der Waals surface area contributed by atoms with Crippen molar-refractivity contribution < 1.29 is 4.39 Å². The highest BCUT2D eigenvalue weighted by Crippen LogP contribution is 2.21. The second-order valence-corrected chi connectivity index (χ2v) is 5.07. The molecule has 0 unspecified atom stereocenters. The molecule has 0 fully saturated rings. The monoisotopic (exact) mass is 279 g/mol. The van der Waals surface area contributed by atoms with Crippen molar-refractivity contribution in [3.8, 4) is 0 Å². The van der Waals surface area contributed by atoms with Gasteiger partial charge in [-0.25, -0.2) is 14.4 Å². The summed E-state index contributed by atoms with van der Waals surface area (Å²) in [6.45, 7) is 5.69. The van der Waals surface area contributed by atoms with Crippen LogP contribution >= 0.6 is 11.6 Å². The second-order valence-electron chi connectivity index (χ2n) is 4.68. The molecule has 0 amide bonds. The van der Waals surface area contributed by atoms with Crippen molar-refractivity contribution in [3.63, 3.8) is 0 Å². The predicted octanol–water partition coefficient (Wildman–Crippen LogP) is 4.44. The molecular weight excluding hydrogens is 265 g/mol. The lowest BCUT2D eigenvalue weighted by molar-refractivity contribution is 0.619. The lowest BCUT2D eigenvalue weighted by atomic mass is 10.2. The summed E-state index contributed by atoms with van der Waals surface area (Å²) in [6.07, 6.45) is 0. The Kier molecular flexibility index (Phi) is 4.00. The molecule has 2 rings (SSSR count). The normalized spacial score (nSPS) is 10.8. The van der Waals surface area contributed by atoms with Gasteiger partial charge in [0.2, 0.25) is 0 Å². The molecule has 0 saturated carbocycles. The Morgan fingerprint density at radius 3 is 2.58 bits per heavy atom. The van der Waals surface area contributed by atoms with Gasteiger partial charge >= 0.3 is 0 Å². The largest absolute Gasteiger partial charge is 0.340 e. The summed E-state index contributed by atoms with van der Waals surface area (Å²) in [4.78, 5) is 8.50. The van der Waals surface area contributed by atoms with Crippen molar-refractivity contribution in [2.45, 2.75) is 26.7 Å². The molecule has 0 radical (unpaired) electrons. The Labute approximate surface area is 116 Å². The Morgan fingerprint density at radius 2 is 1.95 bits per heavy atom. The molecule has 0 aliphatic carbocycles. The van der Waals surface area contributed by atoms with Crippen LogP contribution in [0.1, 0.15) is 31.2 Å². The van der Waals surface area contributed by atoms with Crippen LogP contribution in [0, 0.1) is 12.7 Å². The van der Waals surface area contributed by atoms with Gasteiger partial charge in [0.1, 0.15) is 22.6 Å². The predicted molar refractivity (Wildman–Crippen MR) is 75.6 cm³/mol. The van der Waals surface area contributed by atoms with Crippen LogP contribution in [-0.4, -0.2) is 9.97 Å². The number of benzene rings is 1. The minimum atomic E-state index is -0.255. The van der Waals surface area contributed by atoms with Gasteiger partial charge in [-0.05, 0) is 24.6 Å². The molecule has 100 valence electrons. The zero-order chi connectivity index (χ0) is 14.0. The van der Waals surface area contributed by atoms with Crippen molar-refractivity contribution in [2.24, 2.45) is 0 Å². The molecule has 1 heterocycles. The SMILES string of the molecule is Cc1ccc(Nc2cc(Cl)nc(C(C)C)n2)cc1F. The standard InChI is InChI=1S/C14H15ClFN3/c1-8(2)14-18-12(15)7-13(19-14)17-10-5-4-9(3)11(16)6-10/h4-8H,1-3H3,(H,17,18,19). The van der Waals surface area contributed by atoms with Crippen LogP contribution in [0.3, 0.4) is 0 Å². The third-order valence-electron chi connectivity index (χ3n) is 2.67. The first-order valence-electron chi connectivity index (χ1n) is 6.03. The summed E-state index contributed by atoms with van der Waals surface area (Å²) < 4.78 is 13.5. The molecule has 1 N–H and O–H groups in total. The molecule has 1 aromatic heterocycles. The van der Waals surface area contributed by atoms with E-state index in [-0.39, 0.29) is 11.7 Å². The van der Waals surface area contributed by atoms with Crippen LogP contribution < -0.4 is 5.32 Å². The van der Waals surface area contributed by atoms with E-state index in [1.807, 2.05) is 13.8 Å². The molecule has 1 aromatic carbocycles. The number of hydrogen-bond donors (Lipinski definition) is 1. The maximum atomic E-state index is 13.5. The van der Waals surface area contributed by atoms with Gasteiger partial charge in [-0.15, -0.1) is 0 Å². The summed E-state index contributed by atoms with van der Waals surface area (Å²) in [6, 6.07) is 6.55. The first-order valence-corrected chi connectivity index (χ1v) is 6.41. The molecule has 5 heteroatoms. The highest BCUT2D eigenvalue weighted by Gasteiger charge is 2.08. The average Bonchev–Trinajstić information content (AvgIpc) is 2.33. The van der Waals surface area contributed by atoms with Gasteiger partial charge in [0, 0.05) is 17.7 Å². The summed E-state index contributed by atoms with van der Waals surface area (Å²) in [7, 11) is 0. The van der Waals surface area contributed by atoms with Crippen molar-refractivity contribution in [1.82, 2.24) is 9.97 Å². The number of nitrogens with zero attached hydrogens (tertiary/aromatic N) is 2. The number of aromatic nitrogens is 2. The molecular formula is C14H15ClFN3. The second kappa shape index (κ2) is 5.53. The van der Waals surface area contributed by atoms with E-state index in [9.17, 15) is 4.39 Å². The Morgan fingerprint density at radius 1 is 1.21 bits per heavy atom. The lowest BCUT2D eigenvalue weighted by Crippen LogP contribution is -2.02. The van der Waals surface area contributed by atoms with Crippen molar-refractivity contribution in [2.75, 3.05) is 5.32 Å². The molecule has 19 heavy (non-hydrogen) atoms. The quantitative estimate of drug-likeness (QED) is 0.844. The first kappa shape index (κ1) is 13.7. The summed E-state index contributed by atoms with van der Waals surface area (Å²) in [5.41, 5.74) is 1.24. The van der Waals surface area contributed by atoms with Crippen LogP contribution in [0.15, 0.2) is 24.3 Å². The highest BCUT2D eigenvalue weighted by atomic mass is 35.5. The zero-order valence-corrected chi connectivity index (χ0v) is 11.8. The molecule has 0 aliphatic heterocycles. The van der Waals surface area contributed by atoms with Crippen molar-refractivity contribution >= 4 is 23.1 Å². The molecule has 0 saturated heterocycles. The Bertz CT molecular complexity index is 599. The number of hydrogen-bond acceptors (Lipinski definition) is 3. The van der Waals surface area contributed by atoms with E-state index in [0.29, 0.717) is 28.0 Å². The molecule has 0 atom stereocenters. The molecule has 2 aromatic rings. The molecule has 0 spiro atoms. The molecule has 3 nitrogen and oxygen atoms in total. The van der Waals surface area contributed by atoms with Crippen LogP contribution in [-0.2, 0) is 0 Å². The van der Waals surface area contributed by atoms with E-state index in [4.69, 9.17) is 11.6 Å². The molecule has 0 bridgehead atoms. The first-order chi connectivity index (χ1) is 8.95. The van der Waals surface area contributed by atoms with Crippen LogP contribution in [0.2, 0.25) is 5.15 Å². The third-order valence-corrected chi connectivity index (χ3v) is 2.87. The fraction of sp³-hybridized carbons (Fsp3) is 0.286. The minimum absolute atomic E-state index is 0.175. The fourth-order valence-corrected chi connectivity index (χ4v) is 1.77. The number of nitrogens with one attached hydrogen (secondary N) is 1. The van der Waals surface area contributed by atoms with Gasteiger partial charge in [0.25, 0.3) is 0 Å². The Hall–Kier alpha value is -1.68. The number of aryl methyl sites for hydroxylation is 1. The van der Waals surface area contributed by atoms with Gasteiger partial charge < -0.3 is 5.32 Å². The van der Waals surface area contributed by atoms with E-state index in [2.05, 4.69) is 15.3 Å². The number of rotatable bonds is 3. The lowest BCUT2D eigenvalue weighted by Gasteiger charge is -2.10. The highest BCUT2D eigenvalue weighted by molar-refractivity contribution is 6.29.